The molecule has 0 bridgehead atoms. The van der Waals surface area contributed by atoms with Crippen LogP contribution in [0.15, 0.2) is 54.6 Å². The number of alkyl halides is 3. The van der Waals surface area contributed by atoms with Gasteiger partial charge in [-0.2, -0.15) is 30.2 Å². The van der Waals surface area contributed by atoms with Gasteiger partial charge >= 0.3 is 6.18 Å². The molecule has 0 radical (unpaired) electrons. The van der Waals surface area contributed by atoms with Crippen LogP contribution in [0.3, 0.4) is 0 Å². The molecular weight excluding hydrogens is 403 g/mol. The normalized spacial score (nSPS) is 11.9. The standard InChI is InChI=1S/C20H18F3N3O2S/c21-20(22,23)16-8-4-5-14(11-16)12-29-13-17(19(28)25-10-9-24)26-18(27)15-6-2-1-3-7-15/h1-8,11,17H,10,12-13H2,(H,25,28)(H,26,27)/t17-/m0/s1. The van der Waals surface area contributed by atoms with Gasteiger partial charge in [-0.1, -0.05) is 36.4 Å². The van der Waals surface area contributed by atoms with E-state index in [1.165, 1.54) is 17.8 Å². The number of carbonyl (C=O) groups is 2. The van der Waals surface area contributed by atoms with E-state index in [2.05, 4.69) is 10.6 Å². The van der Waals surface area contributed by atoms with E-state index in [1.807, 2.05) is 0 Å². The number of amides is 2. The molecule has 0 aliphatic carbocycles. The van der Waals surface area contributed by atoms with Gasteiger partial charge in [-0.15, -0.1) is 0 Å². The first-order chi connectivity index (χ1) is 13.8. The van der Waals surface area contributed by atoms with Crippen molar-refractivity contribution in [2.45, 2.75) is 18.0 Å². The Hall–Kier alpha value is -2.99. The van der Waals surface area contributed by atoms with E-state index in [0.29, 0.717) is 11.1 Å². The SMILES string of the molecule is N#CCNC(=O)[C@H](CSCc1cccc(C(F)(F)F)c1)NC(=O)c1ccccc1. The lowest BCUT2D eigenvalue weighted by Gasteiger charge is -2.18. The molecule has 2 rings (SSSR count). The van der Waals surface area contributed by atoms with Crippen LogP contribution in [-0.2, 0) is 16.7 Å². The van der Waals surface area contributed by atoms with Gasteiger partial charge in [-0.25, -0.2) is 0 Å². The van der Waals surface area contributed by atoms with Gasteiger partial charge in [0.15, 0.2) is 0 Å². The molecule has 0 fully saturated rings. The van der Waals surface area contributed by atoms with Crippen molar-refractivity contribution in [3.63, 3.8) is 0 Å². The number of benzene rings is 2. The molecule has 2 N–H and O–H groups in total. The van der Waals surface area contributed by atoms with E-state index in [-0.39, 0.29) is 18.1 Å². The topological polar surface area (TPSA) is 82.0 Å². The number of thioether (sulfide) groups is 1. The zero-order chi connectivity index (χ0) is 21.3. The van der Waals surface area contributed by atoms with E-state index in [1.54, 1.807) is 42.5 Å². The average molecular weight is 421 g/mol. The summed E-state index contributed by atoms with van der Waals surface area (Å²) in [7, 11) is 0. The summed E-state index contributed by atoms with van der Waals surface area (Å²) in [4.78, 5) is 24.6. The number of nitrogens with zero attached hydrogens (tertiary/aromatic N) is 1. The summed E-state index contributed by atoms with van der Waals surface area (Å²) in [5.74, 6) is -0.631. The molecule has 152 valence electrons. The van der Waals surface area contributed by atoms with Crippen LogP contribution in [-0.4, -0.2) is 30.2 Å². The number of hydrogen-bond acceptors (Lipinski definition) is 4. The predicted molar refractivity (Wildman–Crippen MR) is 104 cm³/mol. The second-order valence-corrected chi connectivity index (χ2v) is 7.01. The zero-order valence-electron chi connectivity index (χ0n) is 15.2. The largest absolute Gasteiger partial charge is 0.416 e. The fourth-order valence-corrected chi connectivity index (χ4v) is 3.40. The molecule has 9 heteroatoms. The smallest absolute Gasteiger partial charge is 0.341 e. The third-order valence-electron chi connectivity index (χ3n) is 3.81. The minimum absolute atomic E-state index is 0.131. The molecule has 0 spiro atoms. The van der Waals surface area contributed by atoms with Crippen molar-refractivity contribution >= 4 is 23.6 Å². The van der Waals surface area contributed by atoms with Crippen LogP contribution >= 0.6 is 11.8 Å². The van der Waals surface area contributed by atoms with Crippen molar-refractivity contribution in [2.24, 2.45) is 0 Å². The van der Waals surface area contributed by atoms with Crippen molar-refractivity contribution in [2.75, 3.05) is 12.3 Å². The summed E-state index contributed by atoms with van der Waals surface area (Å²) in [5.41, 5.74) is 0.0835. The van der Waals surface area contributed by atoms with Crippen LogP contribution in [0.25, 0.3) is 0 Å². The van der Waals surface area contributed by atoms with Gasteiger partial charge in [-0.05, 0) is 23.8 Å². The second-order valence-electron chi connectivity index (χ2n) is 5.98. The molecule has 0 saturated carbocycles. The first-order valence-corrected chi connectivity index (χ1v) is 9.71. The van der Waals surface area contributed by atoms with Crippen LogP contribution < -0.4 is 10.6 Å². The van der Waals surface area contributed by atoms with Crippen LogP contribution in [0, 0.1) is 11.3 Å². The summed E-state index contributed by atoms with van der Waals surface area (Å²) >= 11 is 1.21. The lowest BCUT2D eigenvalue weighted by atomic mass is 10.1. The molecule has 0 saturated heterocycles. The highest BCUT2D eigenvalue weighted by molar-refractivity contribution is 7.98. The van der Waals surface area contributed by atoms with Crippen molar-refractivity contribution in [3.8, 4) is 6.07 Å². The summed E-state index contributed by atoms with van der Waals surface area (Å²) in [5, 5.41) is 13.6. The zero-order valence-corrected chi connectivity index (χ0v) is 16.0. The summed E-state index contributed by atoms with van der Waals surface area (Å²) < 4.78 is 38.4. The lowest BCUT2D eigenvalue weighted by molar-refractivity contribution is -0.137. The average Bonchev–Trinajstić information content (AvgIpc) is 2.71. The molecule has 2 amide bonds. The molecule has 5 nitrogen and oxygen atoms in total. The third kappa shape index (κ3) is 7.16. The summed E-state index contributed by atoms with van der Waals surface area (Å²) in [6.07, 6.45) is -4.43. The van der Waals surface area contributed by atoms with Gasteiger partial charge in [0.1, 0.15) is 12.6 Å². The lowest BCUT2D eigenvalue weighted by Crippen LogP contribution is -2.48. The molecule has 0 aromatic heterocycles. The van der Waals surface area contributed by atoms with Gasteiger partial charge in [0.2, 0.25) is 5.91 Å². The van der Waals surface area contributed by atoms with E-state index in [0.717, 1.165) is 12.1 Å². The Morgan fingerprint density at radius 3 is 2.48 bits per heavy atom. The van der Waals surface area contributed by atoms with Crippen molar-refractivity contribution in [3.05, 3.63) is 71.3 Å². The Morgan fingerprint density at radius 1 is 1.10 bits per heavy atom. The highest BCUT2D eigenvalue weighted by atomic mass is 32.2. The Morgan fingerprint density at radius 2 is 1.83 bits per heavy atom. The Bertz CT molecular complexity index is 883. The van der Waals surface area contributed by atoms with Crippen LogP contribution in [0.2, 0.25) is 0 Å². The maximum atomic E-state index is 12.8. The molecule has 0 aliphatic rings. The van der Waals surface area contributed by atoms with E-state index in [4.69, 9.17) is 5.26 Å². The number of carbonyl (C=O) groups excluding carboxylic acids is 2. The number of hydrogen-bond donors (Lipinski definition) is 2. The number of halogens is 3. The first kappa shape index (κ1) is 22.3. The van der Waals surface area contributed by atoms with E-state index >= 15 is 0 Å². The second kappa shape index (κ2) is 10.5. The minimum atomic E-state index is -4.43. The molecule has 0 heterocycles. The Kier molecular flexibility index (Phi) is 8.09. The highest BCUT2D eigenvalue weighted by Crippen LogP contribution is 2.30. The summed E-state index contributed by atoms with van der Waals surface area (Å²) in [6.45, 7) is -0.213. The molecule has 2 aromatic rings. The Balaban J connectivity index is 2.01. The molecular formula is C20H18F3N3O2S. The highest BCUT2D eigenvalue weighted by Gasteiger charge is 2.30. The van der Waals surface area contributed by atoms with Crippen LogP contribution in [0.1, 0.15) is 21.5 Å². The van der Waals surface area contributed by atoms with Gasteiger partial charge in [-0.3, -0.25) is 9.59 Å². The molecule has 2 aromatic carbocycles. The van der Waals surface area contributed by atoms with Crippen LogP contribution in [0.4, 0.5) is 13.2 Å². The van der Waals surface area contributed by atoms with Crippen molar-refractivity contribution < 1.29 is 22.8 Å². The van der Waals surface area contributed by atoms with Crippen molar-refractivity contribution in [1.29, 1.82) is 5.26 Å². The van der Waals surface area contributed by atoms with Gasteiger partial charge in [0.25, 0.3) is 5.91 Å². The molecule has 29 heavy (non-hydrogen) atoms. The fourth-order valence-electron chi connectivity index (χ4n) is 2.40. The minimum Gasteiger partial charge on any atom is -0.341 e. The molecule has 0 unspecified atom stereocenters. The van der Waals surface area contributed by atoms with Gasteiger partial charge in [0, 0.05) is 17.1 Å². The monoisotopic (exact) mass is 421 g/mol. The van der Waals surface area contributed by atoms with Crippen LogP contribution in [0.5, 0.6) is 0 Å². The molecule has 0 aliphatic heterocycles. The maximum Gasteiger partial charge on any atom is 0.416 e. The number of nitrogens with one attached hydrogen (secondary N) is 2. The van der Waals surface area contributed by atoms with E-state index in [9.17, 15) is 22.8 Å². The quantitative estimate of drug-likeness (QED) is 0.641. The number of rotatable bonds is 8. The summed E-state index contributed by atoms with van der Waals surface area (Å²) in [6, 6.07) is 14.1. The fraction of sp³-hybridized carbons (Fsp3) is 0.250. The van der Waals surface area contributed by atoms with Gasteiger partial charge in [0.05, 0.1) is 11.6 Å². The first-order valence-electron chi connectivity index (χ1n) is 8.55. The molecule has 1 atom stereocenters. The number of nitriles is 1. The van der Waals surface area contributed by atoms with Crippen molar-refractivity contribution in [1.82, 2.24) is 10.6 Å². The third-order valence-corrected chi connectivity index (χ3v) is 4.91. The maximum absolute atomic E-state index is 12.8. The van der Waals surface area contributed by atoms with E-state index < -0.39 is 29.6 Å². The van der Waals surface area contributed by atoms with Gasteiger partial charge < -0.3 is 10.6 Å². The Labute approximate surface area is 170 Å². The predicted octanol–water partition coefficient (Wildman–Crippen LogP) is 3.38.